The zero-order valence-electron chi connectivity index (χ0n) is 22.5. The molecule has 0 spiro atoms. The largest absolute Gasteiger partial charge is 0.472 e. The fourth-order valence-corrected chi connectivity index (χ4v) is 4.63. The van der Waals surface area contributed by atoms with Crippen LogP contribution < -0.4 is 4.74 Å². The van der Waals surface area contributed by atoms with Gasteiger partial charge in [-0.2, -0.15) is 0 Å². The van der Waals surface area contributed by atoms with Crippen molar-refractivity contribution in [1.29, 1.82) is 0 Å². The maximum atomic E-state index is 13.6. The van der Waals surface area contributed by atoms with E-state index in [1.165, 1.54) is 0 Å². The maximum absolute atomic E-state index is 13.6. The molecule has 9 nitrogen and oxygen atoms in total. The lowest BCUT2D eigenvalue weighted by Crippen LogP contribution is -2.51. The highest BCUT2D eigenvalue weighted by atomic mass is 16.5. The van der Waals surface area contributed by atoms with Gasteiger partial charge in [0.15, 0.2) is 0 Å². The molecule has 2 aliphatic rings. The fourth-order valence-electron chi connectivity index (χ4n) is 4.63. The monoisotopic (exact) mass is 522 g/mol. The van der Waals surface area contributed by atoms with Crippen LogP contribution >= 0.6 is 0 Å². The predicted molar refractivity (Wildman–Crippen MR) is 146 cm³/mol. The third kappa shape index (κ3) is 6.98. The summed E-state index contributed by atoms with van der Waals surface area (Å²) < 4.78 is 11.7. The highest BCUT2D eigenvalue weighted by molar-refractivity contribution is 5.97. The van der Waals surface area contributed by atoms with Gasteiger partial charge < -0.3 is 24.4 Å². The number of fused-ring (bicyclic) bond motifs is 1. The topological polar surface area (TPSA) is 95.4 Å². The molecule has 2 amide bonds. The Labute approximate surface area is 224 Å². The predicted octanol–water partition coefficient (Wildman–Crippen LogP) is 2.26. The summed E-state index contributed by atoms with van der Waals surface area (Å²) in [7, 11) is 1.78. The van der Waals surface area contributed by atoms with Crippen molar-refractivity contribution in [3.05, 3.63) is 59.3 Å². The first-order valence-electron chi connectivity index (χ1n) is 13.2. The number of rotatable bonds is 8. The Bertz CT molecular complexity index is 1120. The third-order valence-electron chi connectivity index (χ3n) is 7.15. The number of benzene rings is 1. The molecule has 4 rings (SSSR count). The second-order valence-corrected chi connectivity index (χ2v) is 10.2. The van der Waals surface area contributed by atoms with E-state index in [-0.39, 0.29) is 42.4 Å². The molecule has 1 fully saturated rings. The van der Waals surface area contributed by atoms with Gasteiger partial charge in [0.1, 0.15) is 11.7 Å². The van der Waals surface area contributed by atoms with Gasteiger partial charge in [0, 0.05) is 38.8 Å². The zero-order valence-corrected chi connectivity index (χ0v) is 22.5. The number of aromatic nitrogens is 1. The molecule has 0 unspecified atom stereocenters. The minimum Gasteiger partial charge on any atom is -0.472 e. The molecule has 2 aromatic rings. The second-order valence-electron chi connectivity index (χ2n) is 10.2. The van der Waals surface area contributed by atoms with E-state index < -0.39 is 0 Å². The Morgan fingerprint density at radius 1 is 1.21 bits per heavy atom. The zero-order chi connectivity index (χ0) is 27.1. The molecule has 3 heterocycles. The third-order valence-corrected chi connectivity index (χ3v) is 7.15. The van der Waals surface area contributed by atoms with Gasteiger partial charge in [0.2, 0.25) is 11.8 Å². The first kappa shape index (κ1) is 27.8. The Morgan fingerprint density at radius 2 is 1.92 bits per heavy atom. The Hall–Kier alpha value is -3.27. The van der Waals surface area contributed by atoms with Gasteiger partial charge in [-0.25, -0.2) is 4.98 Å². The molecule has 1 aromatic carbocycles. The molecule has 9 heteroatoms. The number of amides is 2. The molecule has 38 heavy (non-hydrogen) atoms. The van der Waals surface area contributed by atoms with Crippen molar-refractivity contribution in [3.8, 4) is 5.88 Å². The number of carbonyl (C=O) groups excluding carboxylic acids is 2. The quantitative estimate of drug-likeness (QED) is 0.568. The van der Waals surface area contributed by atoms with Gasteiger partial charge in [-0.05, 0) is 24.1 Å². The maximum Gasteiger partial charge on any atom is 0.259 e. The average molecular weight is 523 g/mol. The van der Waals surface area contributed by atoms with E-state index in [0.717, 1.165) is 24.2 Å². The van der Waals surface area contributed by atoms with E-state index in [0.29, 0.717) is 38.4 Å². The van der Waals surface area contributed by atoms with Gasteiger partial charge >= 0.3 is 0 Å². The molecule has 0 radical (unpaired) electrons. The Balaban J connectivity index is 1.56. The summed E-state index contributed by atoms with van der Waals surface area (Å²) in [4.78, 5) is 36.6. The van der Waals surface area contributed by atoms with Crippen LogP contribution in [0.5, 0.6) is 5.88 Å². The molecule has 0 aliphatic carbocycles. The van der Waals surface area contributed by atoms with Crippen LogP contribution in [0.15, 0.2) is 42.6 Å². The first-order chi connectivity index (χ1) is 18.4. The van der Waals surface area contributed by atoms with E-state index >= 15 is 0 Å². The van der Waals surface area contributed by atoms with Gasteiger partial charge in [-0.3, -0.25) is 14.5 Å². The molecule has 3 atom stereocenters. The molecule has 1 N–H and O–H groups in total. The lowest BCUT2D eigenvalue weighted by Gasteiger charge is -2.38. The summed E-state index contributed by atoms with van der Waals surface area (Å²) in [5, 5.41) is 9.89. The normalized spacial score (nSPS) is 21.4. The van der Waals surface area contributed by atoms with Gasteiger partial charge in [-0.1, -0.05) is 49.4 Å². The number of carbonyl (C=O) groups is 2. The van der Waals surface area contributed by atoms with Crippen LogP contribution in [0.25, 0.3) is 12.2 Å². The van der Waals surface area contributed by atoms with Gasteiger partial charge in [0.05, 0.1) is 39.0 Å². The molecular weight excluding hydrogens is 484 g/mol. The fraction of sp³-hybridized carbons (Fsp3) is 0.483. The van der Waals surface area contributed by atoms with Crippen molar-refractivity contribution < 1.29 is 24.2 Å². The smallest absolute Gasteiger partial charge is 0.259 e. The first-order valence-corrected chi connectivity index (χ1v) is 13.2. The van der Waals surface area contributed by atoms with Gasteiger partial charge in [-0.15, -0.1) is 0 Å². The minimum atomic E-state index is -0.382. The van der Waals surface area contributed by atoms with Crippen LogP contribution in [0.4, 0.5) is 0 Å². The SMILES string of the molecule is C[C@H](CO)N1C[C@H](C)[C@@H](CN(C)C(=O)CN2CCOCC2)Oc2ncc(C=Cc3ccccc3)cc2C1=O. The summed E-state index contributed by atoms with van der Waals surface area (Å²) in [5.41, 5.74) is 2.15. The standard InChI is InChI=1S/C29H38N4O5/c1-21-17-33(22(2)20-34)29(36)25-15-24(10-9-23-7-5-4-6-8-23)16-30-28(25)38-26(21)18-31(3)27(35)19-32-11-13-37-14-12-32/h4-10,15-16,21-22,26,34H,11-14,17-20H2,1-3H3/t21-,22+,26+/m0/s1. The van der Waals surface area contributed by atoms with E-state index in [1.54, 1.807) is 29.1 Å². The number of morpholine rings is 1. The van der Waals surface area contributed by atoms with Crippen LogP contribution in [-0.4, -0.2) is 108 Å². The summed E-state index contributed by atoms with van der Waals surface area (Å²) >= 11 is 0. The van der Waals surface area contributed by atoms with Crippen LogP contribution in [0.2, 0.25) is 0 Å². The summed E-state index contributed by atoms with van der Waals surface area (Å²) in [5.74, 6) is -0.0752. The Morgan fingerprint density at radius 3 is 2.63 bits per heavy atom. The van der Waals surface area contributed by atoms with Gasteiger partial charge in [0.25, 0.3) is 5.91 Å². The lowest BCUT2D eigenvalue weighted by atomic mass is 9.99. The Kier molecular flexibility index (Phi) is 9.49. The number of ether oxygens (including phenoxy) is 2. The number of likely N-dealkylation sites (N-methyl/N-ethyl adjacent to an activating group) is 1. The van der Waals surface area contributed by atoms with Crippen molar-refractivity contribution in [2.75, 3.05) is 59.6 Å². The van der Waals surface area contributed by atoms with E-state index in [4.69, 9.17) is 9.47 Å². The van der Waals surface area contributed by atoms with Crippen molar-refractivity contribution in [1.82, 2.24) is 19.7 Å². The highest BCUT2D eigenvalue weighted by Gasteiger charge is 2.34. The number of aliphatic hydroxyl groups is 1. The molecule has 0 bridgehead atoms. The van der Waals surface area contributed by atoms with Crippen molar-refractivity contribution in [2.24, 2.45) is 5.92 Å². The molecule has 1 saturated heterocycles. The van der Waals surface area contributed by atoms with Crippen LogP contribution in [0, 0.1) is 5.92 Å². The lowest BCUT2D eigenvalue weighted by molar-refractivity contribution is -0.133. The molecular formula is C29H38N4O5. The minimum absolute atomic E-state index is 0.0102. The highest BCUT2D eigenvalue weighted by Crippen LogP contribution is 2.28. The van der Waals surface area contributed by atoms with E-state index in [9.17, 15) is 14.7 Å². The molecule has 204 valence electrons. The molecule has 2 aliphatic heterocycles. The summed E-state index contributed by atoms with van der Waals surface area (Å²) in [6.07, 6.45) is 5.17. The number of pyridine rings is 1. The van der Waals surface area contributed by atoms with Crippen molar-refractivity contribution >= 4 is 24.0 Å². The number of aliphatic hydroxyl groups excluding tert-OH is 1. The van der Waals surface area contributed by atoms with E-state index in [1.807, 2.05) is 56.3 Å². The van der Waals surface area contributed by atoms with Crippen molar-refractivity contribution in [3.63, 3.8) is 0 Å². The van der Waals surface area contributed by atoms with E-state index in [2.05, 4.69) is 9.88 Å². The molecule has 0 saturated carbocycles. The number of hydrogen-bond donors (Lipinski definition) is 1. The molecule has 1 aromatic heterocycles. The number of nitrogens with zero attached hydrogens (tertiary/aromatic N) is 4. The van der Waals surface area contributed by atoms with Crippen LogP contribution in [0.3, 0.4) is 0 Å². The average Bonchev–Trinajstić information content (AvgIpc) is 2.94. The second kappa shape index (κ2) is 13.0. The summed E-state index contributed by atoms with van der Waals surface area (Å²) in [6.45, 7) is 7.50. The van der Waals surface area contributed by atoms with Crippen LogP contribution in [0.1, 0.15) is 35.3 Å². The van der Waals surface area contributed by atoms with Crippen LogP contribution in [-0.2, 0) is 9.53 Å². The van der Waals surface area contributed by atoms with Crippen molar-refractivity contribution in [2.45, 2.75) is 26.0 Å². The number of hydrogen-bond acceptors (Lipinski definition) is 7. The summed E-state index contributed by atoms with van der Waals surface area (Å²) in [6, 6.07) is 11.3.